The molecule has 0 bridgehead atoms. The number of amides is 1. The first-order valence-corrected chi connectivity index (χ1v) is 6.55. The Morgan fingerprint density at radius 1 is 1.41 bits per heavy atom. The molecule has 2 unspecified atom stereocenters. The first kappa shape index (κ1) is 16.1. The first-order chi connectivity index (χ1) is 10.2. The van der Waals surface area contributed by atoms with Crippen LogP contribution >= 0.6 is 0 Å². The third kappa shape index (κ3) is 3.90. The minimum Gasteiger partial charge on any atom is -0.508 e. The van der Waals surface area contributed by atoms with Crippen LogP contribution in [-0.4, -0.2) is 39.7 Å². The predicted molar refractivity (Wildman–Crippen MR) is 69.6 cm³/mol. The molecule has 0 aromatic carbocycles. The van der Waals surface area contributed by atoms with Crippen molar-refractivity contribution >= 4 is 11.9 Å². The van der Waals surface area contributed by atoms with E-state index >= 15 is 0 Å². The molecule has 5 nitrogen and oxygen atoms in total. The predicted octanol–water partition coefficient (Wildman–Crippen LogP) is 2.38. The van der Waals surface area contributed by atoms with E-state index in [1.165, 1.54) is 12.2 Å². The maximum absolute atomic E-state index is 12.6. The standard InChI is InChI=1S/C14H14F3NO4/c15-14(16,17)7-18-6-10-4-11(19)2-1-8(10)3-9(13(18)22)5-12(20)21/h1-2,4,6,8-9,19H,3,5,7H2,(H,20,21). The Morgan fingerprint density at radius 2 is 2.09 bits per heavy atom. The number of carbonyl (C=O) groups is 2. The maximum Gasteiger partial charge on any atom is 0.406 e. The lowest BCUT2D eigenvalue weighted by Gasteiger charge is -2.22. The Morgan fingerprint density at radius 3 is 2.68 bits per heavy atom. The minimum atomic E-state index is -4.60. The second-order valence-electron chi connectivity index (χ2n) is 5.28. The number of nitrogens with zero attached hydrogens (tertiary/aromatic N) is 1. The van der Waals surface area contributed by atoms with Crippen LogP contribution in [0.3, 0.4) is 0 Å². The highest BCUT2D eigenvalue weighted by Crippen LogP contribution is 2.34. The lowest BCUT2D eigenvalue weighted by molar-refractivity contribution is -0.159. The molecule has 0 spiro atoms. The number of halogens is 3. The van der Waals surface area contributed by atoms with Crippen LogP contribution in [0, 0.1) is 11.8 Å². The quantitative estimate of drug-likeness (QED) is 0.838. The smallest absolute Gasteiger partial charge is 0.406 e. The number of carboxylic acids is 1. The summed E-state index contributed by atoms with van der Waals surface area (Å²) in [6.45, 7) is -1.49. The molecule has 0 fully saturated rings. The molecule has 22 heavy (non-hydrogen) atoms. The Labute approximate surface area is 124 Å². The molecule has 1 aliphatic heterocycles. The van der Waals surface area contributed by atoms with Gasteiger partial charge in [0.25, 0.3) is 0 Å². The molecule has 2 rings (SSSR count). The van der Waals surface area contributed by atoms with Gasteiger partial charge in [0.05, 0.1) is 6.42 Å². The molecule has 120 valence electrons. The third-order valence-electron chi connectivity index (χ3n) is 3.49. The summed E-state index contributed by atoms with van der Waals surface area (Å²) in [5, 5.41) is 18.3. The van der Waals surface area contributed by atoms with Gasteiger partial charge >= 0.3 is 12.1 Å². The van der Waals surface area contributed by atoms with E-state index < -0.39 is 42.9 Å². The van der Waals surface area contributed by atoms with Gasteiger partial charge in [-0.1, -0.05) is 6.08 Å². The van der Waals surface area contributed by atoms with Crippen LogP contribution in [0.25, 0.3) is 0 Å². The SMILES string of the molecule is O=C(O)CC1CC2C=CC(O)=CC2=CN(CC(F)(F)F)C1=O. The van der Waals surface area contributed by atoms with Gasteiger partial charge in [0.1, 0.15) is 12.3 Å². The van der Waals surface area contributed by atoms with Crippen molar-refractivity contribution in [3.63, 3.8) is 0 Å². The van der Waals surface area contributed by atoms with E-state index in [0.29, 0.717) is 10.5 Å². The molecular formula is C14H14F3NO4. The number of aliphatic carboxylic acids is 1. The van der Waals surface area contributed by atoms with Gasteiger partial charge in [-0.3, -0.25) is 9.59 Å². The molecule has 0 saturated heterocycles. The Kier molecular flexibility index (Phi) is 4.30. The minimum absolute atomic E-state index is 0.0889. The zero-order valence-corrected chi connectivity index (χ0v) is 11.4. The normalized spacial score (nSPS) is 25.2. The van der Waals surface area contributed by atoms with Crippen molar-refractivity contribution in [3.8, 4) is 0 Å². The summed E-state index contributed by atoms with van der Waals surface area (Å²) in [7, 11) is 0. The fraction of sp³-hybridized carbons (Fsp3) is 0.429. The average molecular weight is 317 g/mol. The zero-order chi connectivity index (χ0) is 16.5. The van der Waals surface area contributed by atoms with Gasteiger partial charge in [-0.15, -0.1) is 0 Å². The first-order valence-electron chi connectivity index (χ1n) is 6.55. The summed E-state index contributed by atoms with van der Waals surface area (Å²) in [4.78, 5) is 23.5. The number of hydrogen-bond donors (Lipinski definition) is 2. The lowest BCUT2D eigenvalue weighted by atomic mass is 9.85. The summed E-state index contributed by atoms with van der Waals surface area (Å²) < 4.78 is 37.9. The fourth-order valence-electron chi connectivity index (χ4n) is 2.58. The largest absolute Gasteiger partial charge is 0.508 e. The summed E-state index contributed by atoms with van der Waals surface area (Å²) >= 11 is 0. The van der Waals surface area contributed by atoms with E-state index in [1.807, 2.05) is 0 Å². The summed E-state index contributed by atoms with van der Waals surface area (Å²) in [6, 6.07) is 0. The number of alkyl halides is 3. The highest BCUT2D eigenvalue weighted by Gasteiger charge is 2.38. The van der Waals surface area contributed by atoms with Gasteiger partial charge in [-0.25, -0.2) is 0 Å². The van der Waals surface area contributed by atoms with Crippen LogP contribution in [0.5, 0.6) is 0 Å². The van der Waals surface area contributed by atoms with Crippen molar-refractivity contribution in [1.29, 1.82) is 0 Å². The van der Waals surface area contributed by atoms with Crippen LogP contribution in [0.15, 0.2) is 35.8 Å². The van der Waals surface area contributed by atoms with E-state index in [1.54, 1.807) is 6.08 Å². The van der Waals surface area contributed by atoms with Crippen molar-refractivity contribution < 1.29 is 33.0 Å². The van der Waals surface area contributed by atoms with Crippen molar-refractivity contribution in [1.82, 2.24) is 4.90 Å². The molecule has 1 heterocycles. The number of carbonyl (C=O) groups excluding carboxylic acids is 1. The third-order valence-corrected chi connectivity index (χ3v) is 3.49. The van der Waals surface area contributed by atoms with Gasteiger partial charge in [0.15, 0.2) is 0 Å². The van der Waals surface area contributed by atoms with Crippen LogP contribution in [0.1, 0.15) is 12.8 Å². The monoisotopic (exact) mass is 317 g/mol. The van der Waals surface area contributed by atoms with Gasteiger partial charge in [-0.2, -0.15) is 13.2 Å². The number of carboxylic acid groups (broad SMARTS) is 1. The molecule has 0 radical (unpaired) electrons. The van der Waals surface area contributed by atoms with Gasteiger partial charge < -0.3 is 15.1 Å². The zero-order valence-electron chi connectivity index (χ0n) is 11.4. The Hall–Kier alpha value is -2.25. The van der Waals surface area contributed by atoms with E-state index in [4.69, 9.17) is 5.11 Å². The molecule has 2 atom stereocenters. The molecule has 0 aromatic heterocycles. The van der Waals surface area contributed by atoms with E-state index in [0.717, 1.165) is 6.20 Å². The summed E-state index contributed by atoms with van der Waals surface area (Å²) in [6.07, 6.45) is 0.215. The number of aliphatic hydroxyl groups is 1. The van der Waals surface area contributed by atoms with Crippen molar-refractivity contribution in [3.05, 3.63) is 35.8 Å². The number of rotatable bonds is 3. The van der Waals surface area contributed by atoms with Crippen molar-refractivity contribution in [2.45, 2.75) is 19.0 Å². The second-order valence-corrected chi connectivity index (χ2v) is 5.28. The number of fused-ring (bicyclic) bond motifs is 1. The number of hydrogen-bond acceptors (Lipinski definition) is 3. The van der Waals surface area contributed by atoms with Crippen molar-refractivity contribution in [2.24, 2.45) is 11.8 Å². The van der Waals surface area contributed by atoms with E-state index in [2.05, 4.69) is 0 Å². The van der Waals surface area contributed by atoms with Gasteiger partial charge in [-0.05, 0) is 24.1 Å². The van der Waals surface area contributed by atoms with E-state index in [-0.39, 0.29) is 12.2 Å². The highest BCUT2D eigenvalue weighted by atomic mass is 19.4. The molecular weight excluding hydrogens is 303 g/mol. The molecule has 1 aliphatic carbocycles. The van der Waals surface area contributed by atoms with Gasteiger partial charge in [0.2, 0.25) is 5.91 Å². The summed E-state index contributed by atoms with van der Waals surface area (Å²) in [5.41, 5.74) is 0.352. The molecule has 2 N–H and O–H groups in total. The van der Waals surface area contributed by atoms with Gasteiger partial charge in [0, 0.05) is 18.0 Å². The second kappa shape index (κ2) is 5.86. The molecule has 0 saturated carbocycles. The van der Waals surface area contributed by atoms with Crippen LogP contribution < -0.4 is 0 Å². The lowest BCUT2D eigenvalue weighted by Crippen LogP contribution is -2.38. The molecule has 0 aromatic rings. The van der Waals surface area contributed by atoms with Crippen LogP contribution in [-0.2, 0) is 9.59 Å². The maximum atomic E-state index is 12.6. The highest BCUT2D eigenvalue weighted by molar-refractivity contribution is 5.84. The Bertz CT molecular complexity index is 577. The molecule has 2 aliphatic rings. The average Bonchev–Trinajstić information content (AvgIpc) is 2.47. The van der Waals surface area contributed by atoms with E-state index in [9.17, 15) is 27.9 Å². The molecule has 8 heteroatoms. The Balaban J connectivity index is 2.35. The van der Waals surface area contributed by atoms with Crippen LogP contribution in [0.4, 0.5) is 13.2 Å². The number of aliphatic hydroxyl groups excluding tert-OH is 1. The number of allylic oxidation sites excluding steroid dienone is 4. The van der Waals surface area contributed by atoms with Crippen molar-refractivity contribution in [2.75, 3.05) is 6.54 Å². The van der Waals surface area contributed by atoms with Crippen LogP contribution in [0.2, 0.25) is 0 Å². The summed E-state index contributed by atoms with van der Waals surface area (Å²) in [5.74, 6) is -3.69. The fourth-order valence-corrected chi connectivity index (χ4v) is 2.58. The topological polar surface area (TPSA) is 77.8 Å². The molecule has 1 amide bonds.